The number of nitrogens with one attached hydrogen (secondary N) is 2. The molecule has 0 spiro atoms. The highest BCUT2D eigenvalue weighted by Gasteiger charge is 2.15. The van der Waals surface area contributed by atoms with Gasteiger partial charge in [0.25, 0.3) is 0 Å². The maximum atomic E-state index is 9.85. The number of aromatic nitrogens is 2. The van der Waals surface area contributed by atoms with Crippen LogP contribution in [0.3, 0.4) is 0 Å². The lowest BCUT2D eigenvalue weighted by molar-refractivity contribution is 0.148. The molecule has 2 N–H and O–H groups in total. The summed E-state index contributed by atoms with van der Waals surface area (Å²) in [6, 6.07) is 17.2. The molecule has 1 saturated heterocycles. The monoisotopic (exact) mass is 476 g/mol. The molecule has 1 fully saturated rings. The number of hydrogen-bond donors (Lipinski definition) is 2. The highest BCUT2D eigenvalue weighted by atomic mass is 15.2. The number of aryl methyl sites for hydroxylation is 2. The fraction of sp³-hybridized carbons (Fsp3) is 0.267. The number of nitriles is 1. The normalized spacial score (nSPS) is 14.9. The summed E-state index contributed by atoms with van der Waals surface area (Å²) in [6.45, 7) is 9.49. The van der Waals surface area contributed by atoms with E-state index in [0.29, 0.717) is 5.56 Å². The van der Waals surface area contributed by atoms with Crippen LogP contribution < -0.4 is 5.32 Å². The molecule has 4 aromatic rings. The molecule has 0 radical (unpaired) electrons. The van der Waals surface area contributed by atoms with Crippen molar-refractivity contribution in [2.24, 2.45) is 0 Å². The van der Waals surface area contributed by atoms with E-state index in [2.05, 4.69) is 99.7 Å². The molecule has 0 bridgehead atoms. The summed E-state index contributed by atoms with van der Waals surface area (Å²) in [6.07, 6.45) is 7.79. The fourth-order valence-corrected chi connectivity index (χ4v) is 4.84. The molecule has 0 aliphatic carbocycles. The highest BCUT2D eigenvalue weighted by molar-refractivity contribution is 5.90. The van der Waals surface area contributed by atoms with Crippen LogP contribution in [0.5, 0.6) is 0 Å². The maximum Gasteiger partial charge on any atom is 0.103 e. The van der Waals surface area contributed by atoms with Gasteiger partial charge in [0.2, 0.25) is 0 Å². The molecular formula is C30H32N6. The minimum atomic E-state index is 0.526. The van der Waals surface area contributed by atoms with Gasteiger partial charge in [-0.2, -0.15) is 5.26 Å². The summed E-state index contributed by atoms with van der Waals surface area (Å²) >= 11 is 0. The van der Waals surface area contributed by atoms with Gasteiger partial charge in [0.1, 0.15) is 6.07 Å². The molecule has 3 heterocycles. The van der Waals surface area contributed by atoms with Crippen LogP contribution in [0.15, 0.2) is 54.9 Å². The quantitative estimate of drug-likeness (QED) is 0.373. The Morgan fingerprint density at radius 3 is 2.72 bits per heavy atom. The highest BCUT2D eigenvalue weighted by Crippen LogP contribution is 2.32. The molecule has 0 unspecified atom stereocenters. The standard InChI is InChI=1S/C30H32N6/c1-21-26-11-12-32-29(26)10-9-28(21)34-30-25(18-31)19-33-22(2)27(30)8-7-23-5-4-6-24(17-23)20-36-15-13-35(3)14-16-36/h4-12,17,19,32H,13-16,20H2,1-3H3,(H,33,34). The number of likely N-dealkylation sites (N-methyl/N-ethyl adjacent to an activating group) is 1. The third-order valence-electron chi connectivity index (χ3n) is 7.10. The van der Waals surface area contributed by atoms with Crippen LogP contribution in [-0.2, 0) is 6.54 Å². The van der Waals surface area contributed by atoms with Crippen LogP contribution in [0.25, 0.3) is 23.1 Å². The van der Waals surface area contributed by atoms with Gasteiger partial charge in [0, 0.05) is 73.0 Å². The number of anilines is 2. The summed E-state index contributed by atoms with van der Waals surface area (Å²) in [5.41, 5.74) is 8.78. The molecule has 6 heteroatoms. The largest absolute Gasteiger partial charge is 0.361 e. The Bertz CT molecular complexity index is 1450. The minimum absolute atomic E-state index is 0.526. The number of fused-ring (bicyclic) bond motifs is 1. The van der Waals surface area contributed by atoms with Crippen LogP contribution in [0.1, 0.15) is 33.5 Å². The van der Waals surface area contributed by atoms with Gasteiger partial charge in [-0.15, -0.1) is 0 Å². The van der Waals surface area contributed by atoms with Gasteiger partial charge < -0.3 is 15.2 Å². The first kappa shape index (κ1) is 23.8. The van der Waals surface area contributed by atoms with Crippen LogP contribution >= 0.6 is 0 Å². The number of benzene rings is 2. The average Bonchev–Trinajstić information content (AvgIpc) is 3.37. The van der Waals surface area contributed by atoms with Crippen molar-refractivity contribution in [3.63, 3.8) is 0 Å². The van der Waals surface area contributed by atoms with Crippen molar-refractivity contribution in [3.05, 3.63) is 88.4 Å². The van der Waals surface area contributed by atoms with Crippen molar-refractivity contribution in [3.8, 4) is 6.07 Å². The topological polar surface area (TPSA) is 71.0 Å². The van der Waals surface area contributed by atoms with Crippen molar-refractivity contribution in [1.82, 2.24) is 19.8 Å². The number of aromatic amines is 1. The maximum absolute atomic E-state index is 9.85. The first-order valence-electron chi connectivity index (χ1n) is 12.4. The number of rotatable bonds is 6. The lowest BCUT2D eigenvalue weighted by atomic mass is 10.0. The van der Waals surface area contributed by atoms with E-state index in [-0.39, 0.29) is 0 Å². The van der Waals surface area contributed by atoms with Crippen molar-refractivity contribution < 1.29 is 0 Å². The van der Waals surface area contributed by atoms with Gasteiger partial charge in [-0.05, 0) is 55.8 Å². The molecule has 182 valence electrons. The Labute approximate surface area is 212 Å². The van der Waals surface area contributed by atoms with Gasteiger partial charge in [0.15, 0.2) is 0 Å². The van der Waals surface area contributed by atoms with E-state index in [1.165, 1.54) is 10.9 Å². The first-order valence-corrected chi connectivity index (χ1v) is 12.4. The number of pyridine rings is 1. The van der Waals surface area contributed by atoms with E-state index < -0.39 is 0 Å². The van der Waals surface area contributed by atoms with E-state index in [1.807, 2.05) is 13.1 Å². The lowest BCUT2D eigenvalue weighted by Crippen LogP contribution is -2.43. The van der Waals surface area contributed by atoms with Gasteiger partial charge in [-0.1, -0.05) is 36.4 Å². The molecule has 36 heavy (non-hydrogen) atoms. The van der Waals surface area contributed by atoms with Crippen LogP contribution in [0, 0.1) is 25.2 Å². The number of piperazine rings is 1. The van der Waals surface area contributed by atoms with E-state index in [1.54, 1.807) is 6.20 Å². The molecule has 2 aromatic carbocycles. The molecule has 1 aliphatic rings. The smallest absolute Gasteiger partial charge is 0.103 e. The summed E-state index contributed by atoms with van der Waals surface area (Å²) in [5.74, 6) is 0. The van der Waals surface area contributed by atoms with Crippen LogP contribution in [0.4, 0.5) is 11.4 Å². The van der Waals surface area contributed by atoms with Gasteiger partial charge in [-0.25, -0.2) is 0 Å². The Hall–Kier alpha value is -3.92. The van der Waals surface area contributed by atoms with Crippen molar-refractivity contribution in [2.75, 3.05) is 38.5 Å². The summed E-state index contributed by atoms with van der Waals surface area (Å²) in [5, 5.41) is 14.6. The Balaban J connectivity index is 1.43. The second-order valence-corrected chi connectivity index (χ2v) is 9.62. The van der Waals surface area contributed by atoms with Gasteiger partial charge in [-0.3, -0.25) is 9.88 Å². The summed E-state index contributed by atoms with van der Waals surface area (Å²) in [4.78, 5) is 12.7. The van der Waals surface area contributed by atoms with E-state index >= 15 is 0 Å². The fourth-order valence-electron chi connectivity index (χ4n) is 4.84. The van der Waals surface area contributed by atoms with Gasteiger partial charge in [0.05, 0.1) is 11.3 Å². The molecular weight excluding hydrogens is 444 g/mol. The zero-order valence-electron chi connectivity index (χ0n) is 21.2. The molecule has 5 rings (SSSR count). The molecule has 0 saturated carbocycles. The number of H-pyrrole nitrogens is 1. The zero-order chi connectivity index (χ0) is 25.1. The third kappa shape index (κ3) is 5.03. The van der Waals surface area contributed by atoms with Crippen LogP contribution in [-0.4, -0.2) is 53.0 Å². The molecule has 6 nitrogen and oxygen atoms in total. The second kappa shape index (κ2) is 10.4. The second-order valence-electron chi connectivity index (χ2n) is 9.62. The van der Waals surface area contributed by atoms with Crippen molar-refractivity contribution in [2.45, 2.75) is 20.4 Å². The molecule has 0 amide bonds. The Morgan fingerprint density at radius 2 is 1.92 bits per heavy atom. The van der Waals surface area contributed by atoms with Crippen LogP contribution in [0.2, 0.25) is 0 Å². The number of nitrogens with zero attached hydrogens (tertiary/aromatic N) is 4. The number of hydrogen-bond acceptors (Lipinski definition) is 5. The Kier molecular flexibility index (Phi) is 6.86. The summed E-state index contributed by atoms with van der Waals surface area (Å²) < 4.78 is 0. The predicted molar refractivity (Wildman–Crippen MR) is 148 cm³/mol. The molecule has 0 atom stereocenters. The first-order chi connectivity index (χ1) is 17.5. The molecule has 2 aromatic heterocycles. The van der Waals surface area contributed by atoms with E-state index in [9.17, 15) is 5.26 Å². The zero-order valence-corrected chi connectivity index (χ0v) is 21.2. The molecule has 1 aliphatic heterocycles. The average molecular weight is 477 g/mol. The Morgan fingerprint density at radius 1 is 1.08 bits per heavy atom. The van der Waals surface area contributed by atoms with Crippen molar-refractivity contribution in [1.29, 1.82) is 5.26 Å². The third-order valence-corrected chi connectivity index (χ3v) is 7.10. The predicted octanol–water partition coefficient (Wildman–Crippen LogP) is 5.71. The van der Waals surface area contributed by atoms with E-state index in [4.69, 9.17) is 0 Å². The van der Waals surface area contributed by atoms with E-state index in [0.717, 1.165) is 72.0 Å². The summed E-state index contributed by atoms with van der Waals surface area (Å²) in [7, 11) is 2.18. The van der Waals surface area contributed by atoms with Crippen molar-refractivity contribution >= 4 is 34.4 Å². The SMILES string of the molecule is Cc1ncc(C#N)c(Nc2ccc3[nH]ccc3c2C)c1C=Cc1cccc(CN2CCN(C)CC2)c1. The minimum Gasteiger partial charge on any atom is -0.361 e. The lowest BCUT2D eigenvalue weighted by Gasteiger charge is -2.32. The van der Waals surface area contributed by atoms with Gasteiger partial charge >= 0.3 is 0 Å².